The van der Waals surface area contributed by atoms with E-state index in [1.165, 1.54) is 28.6 Å². The van der Waals surface area contributed by atoms with Crippen molar-refractivity contribution in [1.82, 2.24) is 9.62 Å². The van der Waals surface area contributed by atoms with Crippen LogP contribution in [0.4, 0.5) is 4.39 Å². The Kier molecular flexibility index (Phi) is 6.66. The van der Waals surface area contributed by atoms with Crippen LogP contribution in [-0.2, 0) is 16.4 Å². The van der Waals surface area contributed by atoms with E-state index in [0.717, 1.165) is 11.8 Å². The molecule has 0 atom stereocenters. The number of nitrogens with one attached hydrogen (secondary N) is 1. The lowest BCUT2D eigenvalue weighted by molar-refractivity contribution is 0.0951. The highest BCUT2D eigenvalue weighted by atomic mass is 32.2. The van der Waals surface area contributed by atoms with Gasteiger partial charge in [-0.1, -0.05) is 30.3 Å². The summed E-state index contributed by atoms with van der Waals surface area (Å²) in [7, 11) is -3.37. The van der Waals surface area contributed by atoms with Gasteiger partial charge in [-0.2, -0.15) is 0 Å². The third kappa shape index (κ3) is 6.28. The van der Waals surface area contributed by atoms with Crippen LogP contribution in [0.25, 0.3) is 0 Å². The van der Waals surface area contributed by atoms with E-state index in [1.807, 2.05) is 30.3 Å². The number of rotatable bonds is 8. The standard InChI is InChI=1S/C18H21FN2O3S/c1-25(23,24)21(13-11-15-5-3-2-4-6-15)14-12-20-18(22)16-7-9-17(19)10-8-16/h2-10H,11-14H2,1H3,(H,20,22). The fourth-order valence-corrected chi connectivity index (χ4v) is 3.19. The Labute approximate surface area is 147 Å². The molecule has 0 aliphatic rings. The van der Waals surface area contributed by atoms with Crippen LogP contribution in [-0.4, -0.2) is 44.5 Å². The summed E-state index contributed by atoms with van der Waals surface area (Å²) >= 11 is 0. The van der Waals surface area contributed by atoms with E-state index in [9.17, 15) is 17.6 Å². The van der Waals surface area contributed by atoms with Crippen LogP contribution >= 0.6 is 0 Å². The van der Waals surface area contributed by atoms with Gasteiger partial charge in [-0.05, 0) is 36.2 Å². The van der Waals surface area contributed by atoms with Crippen molar-refractivity contribution in [3.8, 4) is 0 Å². The van der Waals surface area contributed by atoms with Crippen molar-refractivity contribution in [3.63, 3.8) is 0 Å². The van der Waals surface area contributed by atoms with Gasteiger partial charge in [-0.15, -0.1) is 0 Å². The van der Waals surface area contributed by atoms with Gasteiger partial charge in [-0.25, -0.2) is 17.1 Å². The van der Waals surface area contributed by atoms with Crippen molar-refractivity contribution in [2.75, 3.05) is 25.9 Å². The van der Waals surface area contributed by atoms with E-state index >= 15 is 0 Å². The number of benzene rings is 2. The number of hydrogen-bond acceptors (Lipinski definition) is 3. The fourth-order valence-electron chi connectivity index (χ4n) is 2.34. The molecule has 7 heteroatoms. The third-order valence-electron chi connectivity index (χ3n) is 3.71. The van der Waals surface area contributed by atoms with E-state index in [4.69, 9.17) is 0 Å². The molecule has 0 heterocycles. The summed E-state index contributed by atoms with van der Waals surface area (Å²) in [5.41, 5.74) is 1.38. The second-order valence-electron chi connectivity index (χ2n) is 5.66. The van der Waals surface area contributed by atoms with Crippen molar-refractivity contribution in [1.29, 1.82) is 0 Å². The number of carbonyl (C=O) groups excluding carboxylic acids is 1. The van der Waals surface area contributed by atoms with Crippen LogP contribution < -0.4 is 5.32 Å². The molecule has 0 aliphatic carbocycles. The minimum absolute atomic E-state index is 0.179. The van der Waals surface area contributed by atoms with Crippen molar-refractivity contribution in [2.24, 2.45) is 0 Å². The summed E-state index contributed by atoms with van der Waals surface area (Å²) in [6.45, 7) is 0.700. The first kappa shape index (κ1) is 19.1. The van der Waals surface area contributed by atoms with Gasteiger partial charge in [0.25, 0.3) is 5.91 Å². The normalized spacial score (nSPS) is 11.5. The molecule has 134 valence electrons. The molecule has 0 saturated carbocycles. The Morgan fingerprint density at radius 3 is 2.28 bits per heavy atom. The number of carbonyl (C=O) groups is 1. The minimum Gasteiger partial charge on any atom is -0.351 e. The van der Waals surface area contributed by atoms with E-state index in [0.29, 0.717) is 18.5 Å². The number of hydrogen-bond donors (Lipinski definition) is 1. The predicted molar refractivity (Wildman–Crippen MR) is 95.3 cm³/mol. The van der Waals surface area contributed by atoms with Gasteiger partial charge in [0.1, 0.15) is 5.82 Å². The number of halogens is 1. The lowest BCUT2D eigenvalue weighted by atomic mass is 10.1. The molecule has 1 N–H and O–H groups in total. The second-order valence-corrected chi connectivity index (χ2v) is 7.64. The van der Waals surface area contributed by atoms with Crippen LogP contribution in [0.3, 0.4) is 0 Å². The maximum absolute atomic E-state index is 12.9. The summed E-state index contributed by atoms with van der Waals surface area (Å²) in [5.74, 6) is -0.780. The molecular weight excluding hydrogens is 343 g/mol. The predicted octanol–water partition coefficient (Wildman–Crippen LogP) is 2.06. The number of nitrogens with zero attached hydrogens (tertiary/aromatic N) is 1. The van der Waals surface area contributed by atoms with Crippen molar-refractivity contribution < 1.29 is 17.6 Å². The molecule has 0 bridgehead atoms. The molecule has 0 aliphatic heterocycles. The number of amides is 1. The zero-order chi connectivity index (χ0) is 18.3. The molecule has 0 fully saturated rings. The lowest BCUT2D eigenvalue weighted by Crippen LogP contribution is -2.39. The molecule has 5 nitrogen and oxygen atoms in total. The van der Waals surface area contributed by atoms with Gasteiger partial charge in [0.2, 0.25) is 10.0 Å². The van der Waals surface area contributed by atoms with E-state index in [-0.39, 0.29) is 19.0 Å². The van der Waals surface area contributed by atoms with Gasteiger partial charge in [-0.3, -0.25) is 4.79 Å². The monoisotopic (exact) mass is 364 g/mol. The van der Waals surface area contributed by atoms with Crippen molar-refractivity contribution in [3.05, 3.63) is 71.5 Å². The average molecular weight is 364 g/mol. The maximum atomic E-state index is 12.9. The molecule has 0 unspecified atom stereocenters. The zero-order valence-corrected chi connectivity index (χ0v) is 14.8. The van der Waals surface area contributed by atoms with E-state index < -0.39 is 15.8 Å². The van der Waals surface area contributed by atoms with Crippen LogP contribution in [0.2, 0.25) is 0 Å². The molecule has 25 heavy (non-hydrogen) atoms. The Morgan fingerprint density at radius 1 is 1.04 bits per heavy atom. The molecule has 2 aromatic rings. The lowest BCUT2D eigenvalue weighted by Gasteiger charge is -2.20. The molecule has 0 saturated heterocycles. The van der Waals surface area contributed by atoms with Gasteiger partial charge in [0, 0.05) is 25.2 Å². The zero-order valence-electron chi connectivity index (χ0n) is 14.0. The first-order valence-corrected chi connectivity index (χ1v) is 9.74. The Morgan fingerprint density at radius 2 is 1.68 bits per heavy atom. The average Bonchev–Trinajstić information content (AvgIpc) is 2.58. The minimum atomic E-state index is -3.37. The largest absolute Gasteiger partial charge is 0.351 e. The van der Waals surface area contributed by atoms with Crippen molar-refractivity contribution in [2.45, 2.75) is 6.42 Å². The molecule has 0 radical (unpaired) electrons. The van der Waals surface area contributed by atoms with Gasteiger partial charge in [0.05, 0.1) is 6.26 Å². The first-order valence-electron chi connectivity index (χ1n) is 7.89. The Bertz CT molecular complexity index is 793. The third-order valence-corrected chi connectivity index (χ3v) is 5.02. The highest BCUT2D eigenvalue weighted by Gasteiger charge is 2.16. The first-order chi connectivity index (χ1) is 11.9. The molecule has 2 rings (SSSR count). The van der Waals surface area contributed by atoms with Gasteiger partial charge >= 0.3 is 0 Å². The maximum Gasteiger partial charge on any atom is 0.251 e. The highest BCUT2D eigenvalue weighted by Crippen LogP contribution is 2.05. The Balaban J connectivity index is 1.87. The molecule has 0 aromatic heterocycles. The number of sulfonamides is 1. The van der Waals surface area contributed by atoms with Crippen LogP contribution in [0.15, 0.2) is 54.6 Å². The van der Waals surface area contributed by atoms with Crippen LogP contribution in [0.5, 0.6) is 0 Å². The molecular formula is C18H21FN2O3S. The van der Waals surface area contributed by atoms with Crippen molar-refractivity contribution >= 4 is 15.9 Å². The molecule has 1 amide bonds. The second kappa shape index (κ2) is 8.73. The summed E-state index contributed by atoms with van der Waals surface area (Å²) < 4.78 is 38.0. The molecule has 2 aromatic carbocycles. The fraction of sp³-hybridized carbons (Fsp3) is 0.278. The van der Waals surface area contributed by atoms with Gasteiger partial charge < -0.3 is 5.32 Å². The quantitative estimate of drug-likeness (QED) is 0.780. The summed E-state index contributed by atoms with van der Waals surface area (Å²) in [6, 6.07) is 14.8. The van der Waals surface area contributed by atoms with Crippen LogP contribution in [0, 0.1) is 5.82 Å². The molecule has 0 spiro atoms. The smallest absolute Gasteiger partial charge is 0.251 e. The van der Waals surface area contributed by atoms with Gasteiger partial charge in [0.15, 0.2) is 0 Å². The Hall–Kier alpha value is -2.25. The summed E-state index contributed by atoms with van der Waals surface area (Å²) in [6.07, 6.45) is 1.75. The highest BCUT2D eigenvalue weighted by molar-refractivity contribution is 7.88. The van der Waals surface area contributed by atoms with E-state index in [1.54, 1.807) is 0 Å². The summed E-state index contributed by atoms with van der Waals surface area (Å²) in [5, 5.41) is 2.65. The topological polar surface area (TPSA) is 66.5 Å². The van der Waals surface area contributed by atoms with E-state index in [2.05, 4.69) is 5.32 Å². The SMILES string of the molecule is CS(=O)(=O)N(CCNC(=O)c1ccc(F)cc1)CCc1ccccc1. The summed E-state index contributed by atoms with van der Waals surface area (Å²) in [4.78, 5) is 12.0. The van der Waals surface area contributed by atoms with Crippen LogP contribution in [0.1, 0.15) is 15.9 Å².